The van der Waals surface area contributed by atoms with Gasteiger partial charge in [0, 0.05) is 12.4 Å². The van der Waals surface area contributed by atoms with Crippen LogP contribution in [0.15, 0.2) is 24.8 Å². The molecule has 1 atom stereocenters. The fourth-order valence-corrected chi connectivity index (χ4v) is 0.983. The normalized spacial score (nSPS) is 12.7. The summed E-state index contributed by atoms with van der Waals surface area (Å²) in [7, 11) is 0. The van der Waals surface area contributed by atoms with Gasteiger partial charge in [0.1, 0.15) is 5.69 Å². The lowest BCUT2D eigenvalue weighted by molar-refractivity contribution is 0.774. The predicted octanol–water partition coefficient (Wildman–Crippen LogP) is -0.357. The molecule has 0 spiro atoms. The van der Waals surface area contributed by atoms with E-state index >= 15 is 0 Å². The van der Waals surface area contributed by atoms with Gasteiger partial charge in [0.25, 0.3) is 0 Å². The summed E-state index contributed by atoms with van der Waals surface area (Å²) in [4.78, 5) is 7.98. The van der Waals surface area contributed by atoms with Crippen molar-refractivity contribution in [3.63, 3.8) is 0 Å². The number of nitrogens with two attached hydrogens (primary N) is 1. The van der Waals surface area contributed by atoms with E-state index in [1.807, 2.05) is 0 Å². The second-order valence-electron chi connectivity index (χ2n) is 2.50. The number of hydrogen-bond donors (Lipinski definition) is 2. The lowest BCUT2D eigenvalue weighted by Crippen LogP contribution is -2.14. The van der Waals surface area contributed by atoms with Gasteiger partial charge in [-0.2, -0.15) is 15.4 Å². The smallest absolute Gasteiger partial charge is 0.105 e. The van der Waals surface area contributed by atoms with Crippen molar-refractivity contribution in [3.05, 3.63) is 36.2 Å². The van der Waals surface area contributed by atoms with Gasteiger partial charge in [-0.1, -0.05) is 0 Å². The predicted molar refractivity (Wildman–Crippen MR) is 44.4 cm³/mol. The van der Waals surface area contributed by atoms with Crippen LogP contribution >= 0.6 is 0 Å². The zero-order chi connectivity index (χ0) is 9.10. The second-order valence-corrected chi connectivity index (χ2v) is 2.50. The second kappa shape index (κ2) is 3.28. The summed E-state index contributed by atoms with van der Waals surface area (Å²) in [5.41, 5.74) is 7.17. The molecule has 0 radical (unpaired) electrons. The molecule has 3 N–H and O–H groups in total. The maximum atomic E-state index is 5.84. The minimum Gasteiger partial charge on any atom is -0.318 e. The molecule has 13 heavy (non-hydrogen) atoms. The van der Waals surface area contributed by atoms with Gasteiger partial charge in [0.05, 0.1) is 24.1 Å². The van der Waals surface area contributed by atoms with Gasteiger partial charge in [-0.25, -0.2) is 0 Å². The van der Waals surface area contributed by atoms with Gasteiger partial charge in [-0.05, 0) is 0 Å². The van der Waals surface area contributed by atoms with E-state index in [9.17, 15) is 0 Å². The van der Waals surface area contributed by atoms with Gasteiger partial charge in [-0.15, -0.1) is 0 Å². The highest BCUT2D eigenvalue weighted by molar-refractivity contribution is 5.14. The quantitative estimate of drug-likeness (QED) is 0.651. The molecule has 0 fully saturated rings. The van der Waals surface area contributed by atoms with E-state index in [1.165, 1.54) is 0 Å². The van der Waals surface area contributed by atoms with Crippen LogP contribution in [0.2, 0.25) is 0 Å². The Morgan fingerprint density at radius 1 is 1.23 bits per heavy atom. The van der Waals surface area contributed by atoms with E-state index < -0.39 is 0 Å². The average Bonchev–Trinajstić information content (AvgIpc) is 2.71. The third-order valence-corrected chi connectivity index (χ3v) is 1.65. The molecule has 0 aliphatic carbocycles. The highest BCUT2D eigenvalue weighted by atomic mass is 15.3. The third-order valence-electron chi connectivity index (χ3n) is 1.65. The Balaban J connectivity index is 2.29. The molecule has 2 rings (SSSR count). The molecule has 66 valence electrons. The number of nitrogens with one attached hydrogen (secondary N) is 1. The van der Waals surface area contributed by atoms with Crippen LogP contribution in [-0.2, 0) is 0 Å². The highest BCUT2D eigenvalue weighted by Gasteiger charge is 2.12. The van der Waals surface area contributed by atoms with Crippen LogP contribution in [0.3, 0.4) is 0 Å². The van der Waals surface area contributed by atoms with Crippen molar-refractivity contribution >= 4 is 0 Å². The van der Waals surface area contributed by atoms with Crippen molar-refractivity contribution in [1.82, 2.24) is 25.4 Å². The first-order chi connectivity index (χ1) is 6.38. The minimum atomic E-state index is -0.368. The number of aromatic nitrogens is 5. The van der Waals surface area contributed by atoms with Crippen LogP contribution in [0.4, 0.5) is 0 Å². The summed E-state index contributed by atoms with van der Waals surface area (Å²) < 4.78 is 0. The van der Waals surface area contributed by atoms with Crippen molar-refractivity contribution in [1.29, 1.82) is 0 Å². The van der Waals surface area contributed by atoms with Crippen molar-refractivity contribution in [2.24, 2.45) is 5.73 Å². The van der Waals surface area contributed by atoms with Gasteiger partial charge < -0.3 is 5.73 Å². The molecular formula is C7H8N6. The van der Waals surface area contributed by atoms with Crippen LogP contribution in [0, 0.1) is 0 Å². The van der Waals surface area contributed by atoms with E-state index in [2.05, 4.69) is 25.4 Å². The number of hydrogen-bond acceptors (Lipinski definition) is 5. The molecule has 0 saturated heterocycles. The monoisotopic (exact) mass is 176 g/mol. The lowest BCUT2D eigenvalue weighted by Gasteiger charge is -2.04. The van der Waals surface area contributed by atoms with Crippen LogP contribution in [0.1, 0.15) is 17.4 Å². The van der Waals surface area contributed by atoms with Crippen molar-refractivity contribution in [2.45, 2.75) is 6.04 Å². The van der Waals surface area contributed by atoms with Gasteiger partial charge >= 0.3 is 0 Å². The van der Waals surface area contributed by atoms with E-state index in [-0.39, 0.29) is 6.04 Å². The third kappa shape index (κ3) is 1.52. The molecule has 0 amide bonds. The summed E-state index contributed by atoms with van der Waals surface area (Å²) in [6.07, 6.45) is 6.37. The Kier molecular flexibility index (Phi) is 1.97. The van der Waals surface area contributed by atoms with Crippen LogP contribution in [-0.4, -0.2) is 25.4 Å². The van der Waals surface area contributed by atoms with E-state index in [4.69, 9.17) is 5.73 Å². The summed E-state index contributed by atoms with van der Waals surface area (Å²) >= 11 is 0. The first-order valence-corrected chi connectivity index (χ1v) is 3.75. The number of rotatable bonds is 2. The fourth-order valence-electron chi connectivity index (χ4n) is 0.983. The Morgan fingerprint density at radius 2 is 2.15 bits per heavy atom. The Bertz CT molecular complexity index is 356. The topological polar surface area (TPSA) is 93.4 Å². The van der Waals surface area contributed by atoms with E-state index in [0.29, 0.717) is 11.4 Å². The van der Waals surface area contributed by atoms with Crippen LogP contribution in [0.5, 0.6) is 0 Å². The molecule has 0 aromatic carbocycles. The standard InChI is InChI=1S/C7H8N6/c8-7(6-4-11-13-12-6)5-3-9-1-2-10-5/h1-4,7H,8H2,(H,11,12,13). The van der Waals surface area contributed by atoms with Crippen molar-refractivity contribution < 1.29 is 0 Å². The lowest BCUT2D eigenvalue weighted by atomic mass is 10.2. The largest absolute Gasteiger partial charge is 0.318 e. The first kappa shape index (κ1) is 7.81. The Hall–Kier alpha value is -1.82. The van der Waals surface area contributed by atoms with Crippen molar-refractivity contribution in [3.8, 4) is 0 Å². The zero-order valence-corrected chi connectivity index (χ0v) is 6.75. The number of nitrogens with zero attached hydrogens (tertiary/aromatic N) is 4. The Morgan fingerprint density at radius 3 is 2.77 bits per heavy atom. The molecule has 6 nitrogen and oxygen atoms in total. The summed E-state index contributed by atoms with van der Waals surface area (Å²) in [6, 6.07) is -0.368. The van der Waals surface area contributed by atoms with Gasteiger partial charge in [-0.3, -0.25) is 9.97 Å². The molecular weight excluding hydrogens is 168 g/mol. The minimum absolute atomic E-state index is 0.368. The number of H-pyrrole nitrogens is 1. The molecule has 6 heteroatoms. The molecule has 0 aliphatic heterocycles. The number of aromatic amines is 1. The highest BCUT2D eigenvalue weighted by Crippen LogP contribution is 2.11. The van der Waals surface area contributed by atoms with Crippen LogP contribution in [0.25, 0.3) is 0 Å². The van der Waals surface area contributed by atoms with E-state index in [1.54, 1.807) is 24.8 Å². The van der Waals surface area contributed by atoms with E-state index in [0.717, 1.165) is 0 Å². The molecule has 0 saturated carbocycles. The average molecular weight is 176 g/mol. The van der Waals surface area contributed by atoms with Crippen LogP contribution < -0.4 is 5.73 Å². The maximum Gasteiger partial charge on any atom is 0.105 e. The summed E-state index contributed by atoms with van der Waals surface area (Å²) in [6.45, 7) is 0. The summed E-state index contributed by atoms with van der Waals surface area (Å²) in [5, 5.41) is 10.0. The maximum absolute atomic E-state index is 5.84. The Labute approximate surface area is 74.2 Å². The molecule has 1 unspecified atom stereocenters. The van der Waals surface area contributed by atoms with Gasteiger partial charge in [0.15, 0.2) is 0 Å². The molecule has 0 bridgehead atoms. The fraction of sp³-hybridized carbons (Fsp3) is 0.143. The van der Waals surface area contributed by atoms with Gasteiger partial charge in [0.2, 0.25) is 0 Å². The molecule has 2 aromatic rings. The SMILES string of the molecule is NC(c1cnccn1)c1cn[nH]n1. The summed E-state index contributed by atoms with van der Waals surface area (Å²) in [5.74, 6) is 0. The molecule has 2 heterocycles. The van der Waals surface area contributed by atoms with Crippen molar-refractivity contribution in [2.75, 3.05) is 0 Å². The molecule has 0 aliphatic rings. The zero-order valence-electron chi connectivity index (χ0n) is 6.75. The molecule has 2 aromatic heterocycles. The first-order valence-electron chi connectivity index (χ1n) is 3.75.